The minimum absolute atomic E-state index is 0.207. The quantitative estimate of drug-likeness (QED) is 0.236. The van der Waals surface area contributed by atoms with Gasteiger partial charge in [0.15, 0.2) is 11.6 Å². The number of rotatable bonds is 5. The van der Waals surface area contributed by atoms with Crippen molar-refractivity contribution in [1.82, 2.24) is 0 Å². The van der Waals surface area contributed by atoms with Crippen LogP contribution in [0.15, 0.2) is 72.8 Å². The van der Waals surface area contributed by atoms with Gasteiger partial charge >= 0.3 is 12.3 Å². The molecule has 0 aliphatic heterocycles. The van der Waals surface area contributed by atoms with E-state index in [4.69, 9.17) is 0 Å². The highest BCUT2D eigenvalue weighted by atomic mass is 19.4. The van der Waals surface area contributed by atoms with Gasteiger partial charge in [-0.25, -0.2) is 13.2 Å². The first-order valence-electron chi connectivity index (χ1n) is 10.6. The fraction of sp³-hybridized carbons (Fsp3) is 0.111. The number of aryl methyl sites for hydroxylation is 1. The first kappa shape index (κ1) is 26.1. The SMILES string of the molecule is Cc1ccc(C(F)(F)Oc2ccc(-c3ccc(-c4ccc(C(F)(F)F)c(F)c4)c(F)c3)c(F)c2F)cc1. The van der Waals surface area contributed by atoms with Gasteiger partial charge < -0.3 is 4.74 Å². The van der Waals surface area contributed by atoms with E-state index in [0.717, 1.165) is 48.5 Å². The largest absolute Gasteiger partial charge is 0.426 e. The summed E-state index contributed by atoms with van der Waals surface area (Å²) < 4.78 is 130. The van der Waals surface area contributed by atoms with E-state index in [-0.39, 0.29) is 16.7 Å². The Bertz CT molecular complexity index is 1460. The van der Waals surface area contributed by atoms with Crippen LogP contribution in [0.3, 0.4) is 0 Å². The molecule has 0 aliphatic carbocycles. The van der Waals surface area contributed by atoms with E-state index in [2.05, 4.69) is 4.74 Å². The summed E-state index contributed by atoms with van der Waals surface area (Å²) in [5.74, 6) is -7.09. The van der Waals surface area contributed by atoms with Gasteiger partial charge in [-0.2, -0.15) is 26.3 Å². The van der Waals surface area contributed by atoms with Crippen molar-refractivity contribution >= 4 is 0 Å². The molecule has 0 spiro atoms. The van der Waals surface area contributed by atoms with Crippen LogP contribution >= 0.6 is 0 Å². The molecule has 0 aromatic heterocycles. The third-order valence-electron chi connectivity index (χ3n) is 5.54. The van der Waals surface area contributed by atoms with Crippen LogP contribution in [0.25, 0.3) is 22.3 Å². The summed E-state index contributed by atoms with van der Waals surface area (Å²) in [6.45, 7) is 1.67. The topological polar surface area (TPSA) is 9.23 Å². The van der Waals surface area contributed by atoms with Crippen LogP contribution in [0.2, 0.25) is 0 Å². The number of halogens is 9. The zero-order valence-corrected chi connectivity index (χ0v) is 18.7. The highest BCUT2D eigenvalue weighted by molar-refractivity contribution is 5.72. The zero-order chi connectivity index (χ0) is 27.1. The van der Waals surface area contributed by atoms with E-state index in [1.54, 1.807) is 6.92 Å². The molecule has 0 saturated carbocycles. The Balaban J connectivity index is 1.63. The third-order valence-corrected chi connectivity index (χ3v) is 5.54. The second kappa shape index (κ2) is 9.49. The normalized spacial score (nSPS) is 12.1. The first-order chi connectivity index (χ1) is 17.3. The second-order valence-corrected chi connectivity index (χ2v) is 8.11. The average molecular weight is 526 g/mol. The van der Waals surface area contributed by atoms with Gasteiger partial charge in [0.2, 0.25) is 5.82 Å². The molecular weight excluding hydrogens is 511 g/mol. The summed E-state index contributed by atoms with van der Waals surface area (Å²) in [6, 6.07) is 11.3. The predicted octanol–water partition coefficient (Wildman–Crippen LogP) is 9.03. The molecule has 0 N–H and O–H groups in total. The molecular formula is C27H15F9O. The van der Waals surface area contributed by atoms with Crippen LogP contribution in [0.5, 0.6) is 5.75 Å². The number of benzene rings is 4. The van der Waals surface area contributed by atoms with Gasteiger partial charge in [0.05, 0.1) is 11.1 Å². The number of hydrogen-bond donors (Lipinski definition) is 0. The Morgan fingerprint density at radius 2 is 1.16 bits per heavy atom. The van der Waals surface area contributed by atoms with Crippen molar-refractivity contribution in [2.24, 2.45) is 0 Å². The van der Waals surface area contributed by atoms with E-state index in [9.17, 15) is 39.5 Å². The molecule has 0 bridgehead atoms. The van der Waals surface area contributed by atoms with Crippen molar-refractivity contribution in [3.63, 3.8) is 0 Å². The average Bonchev–Trinajstić information content (AvgIpc) is 2.81. The van der Waals surface area contributed by atoms with Crippen LogP contribution in [0.1, 0.15) is 16.7 Å². The minimum atomic E-state index is -4.94. The lowest BCUT2D eigenvalue weighted by atomic mass is 9.98. The summed E-state index contributed by atoms with van der Waals surface area (Å²) in [5, 5.41) is 0. The van der Waals surface area contributed by atoms with Gasteiger partial charge in [-0.1, -0.05) is 35.9 Å². The Morgan fingerprint density at radius 1 is 0.595 bits per heavy atom. The van der Waals surface area contributed by atoms with Crippen molar-refractivity contribution in [1.29, 1.82) is 0 Å². The molecule has 4 aromatic rings. The number of alkyl halides is 5. The van der Waals surface area contributed by atoms with Crippen LogP contribution < -0.4 is 4.74 Å². The van der Waals surface area contributed by atoms with E-state index < -0.39 is 58.0 Å². The third kappa shape index (κ3) is 5.28. The fourth-order valence-corrected chi connectivity index (χ4v) is 3.61. The Morgan fingerprint density at radius 3 is 1.76 bits per heavy atom. The summed E-state index contributed by atoms with van der Waals surface area (Å²) in [4.78, 5) is 0. The molecule has 0 atom stereocenters. The van der Waals surface area contributed by atoms with Gasteiger partial charge in [-0.3, -0.25) is 0 Å². The van der Waals surface area contributed by atoms with E-state index in [1.807, 2.05) is 0 Å². The molecule has 0 saturated heterocycles. The molecule has 4 rings (SSSR count). The molecule has 37 heavy (non-hydrogen) atoms. The first-order valence-corrected chi connectivity index (χ1v) is 10.6. The Kier molecular flexibility index (Phi) is 6.70. The molecule has 0 aliphatic rings. The molecule has 0 radical (unpaired) electrons. The molecule has 0 heterocycles. The Labute approximate surface area is 204 Å². The summed E-state index contributed by atoms with van der Waals surface area (Å²) >= 11 is 0. The minimum Gasteiger partial charge on any atom is -0.426 e. The van der Waals surface area contributed by atoms with E-state index in [0.29, 0.717) is 17.7 Å². The molecule has 0 unspecified atom stereocenters. The maximum Gasteiger partial charge on any atom is 0.426 e. The van der Waals surface area contributed by atoms with Gasteiger partial charge in [-0.15, -0.1) is 0 Å². The van der Waals surface area contributed by atoms with Gasteiger partial charge in [0.25, 0.3) is 0 Å². The monoisotopic (exact) mass is 526 g/mol. The lowest BCUT2D eigenvalue weighted by Gasteiger charge is -2.19. The molecule has 1 nitrogen and oxygen atoms in total. The molecule has 192 valence electrons. The van der Waals surface area contributed by atoms with E-state index in [1.165, 1.54) is 12.1 Å². The predicted molar refractivity (Wildman–Crippen MR) is 118 cm³/mol. The van der Waals surface area contributed by atoms with Crippen molar-refractivity contribution in [3.05, 3.63) is 113 Å². The van der Waals surface area contributed by atoms with Crippen molar-refractivity contribution < 1.29 is 44.3 Å². The highest BCUT2D eigenvalue weighted by Gasteiger charge is 2.36. The molecule has 4 aromatic carbocycles. The fourth-order valence-electron chi connectivity index (χ4n) is 3.61. The maximum absolute atomic E-state index is 14.8. The van der Waals surface area contributed by atoms with Gasteiger partial charge in [-0.05, 0) is 60.5 Å². The standard InChI is InChI=1S/C27H15F9O/c1-14-2-6-17(7-3-14)27(35,36)37-23-11-9-19(24(30)25(23)31)16-4-8-18(21(28)12-16)15-5-10-20(22(29)13-15)26(32,33)34/h2-13H,1H3. The second-order valence-electron chi connectivity index (χ2n) is 8.11. The Hall–Kier alpha value is -3.95. The van der Waals surface area contributed by atoms with Crippen molar-refractivity contribution in [3.8, 4) is 28.0 Å². The van der Waals surface area contributed by atoms with Crippen molar-refractivity contribution in [2.75, 3.05) is 0 Å². The van der Waals surface area contributed by atoms with Gasteiger partial charge in [0, 0.05) is 11.1 Å². The highest BCUT2D eigenvalue weighted by Crippen LogP contribution is 2.38. The van der Waals surface area contributed by atoms with Crippen LogP contribution in [-0.2, 0) is 12.3 Å². The zero-order valence-electron chi connectivity index (χ0n) is 18.7. The summed E-state index contributed by atoms with van der Waals surface area (Å²) in [5.41, 5.74) is -2.63. The number of hydrogen-bond acceptors (Lipinski definition) is 1. The summed E-state index contributed by atoms with van der Waals surface area (Å²) in [6.07, 6.45) is -8.92. The van der Waals surface area contributed by atoms with E-state index >= 15 is 0 Å². The maximum atomic E-state index is 14.8. The van der Waals surface area contributed by atoms with Crippen LogP contribution in [-0.4, -0.2) is 0 Å². The molecule has 10 heteroatoms. The molecule has 0 fully saturated rings. The van der Waals surface area contributed by atoms with Crippen LogP contribution in [0, 0.1) is 30.2 Å². The van der Waals surface area contributed by atoms with Crippen LogP contribution in [0.4, 0.5) is 39.5 Å². The smallest absolute Gasteiger partial charge is 0.426 e. The van der Waals surface area contributed by atoms with Gasteiger partial charge in [0.1, 0.15) is 11.6 Å². The summed E-state index contributed by atoms with van der Waals surface area (Å²) in [7, 11) is 0. The van der Waals surface area contributed by atoms with Crippen molar-refractivity contribution in [2.45, 2.75) is 19.2 Å². The lowest BCUT2D eigenvalue weighted by Crippen LogP contribution is -2.22. The lowest BCUT2D eigenvalue weighted by molar-refractivity contribution is -0.187. The molecule has 0 amide bonds. The number of ether oxygens (including phenoxy) is 1.